The number of rotatable bonds is 6. The lowest BCUT2D eigenvalue weighted by Gasteiger charge is -2.09. The minimum absolute atomic E-state index is 0.131. The van der Waals surface area contributed by atoms with Gasteiger partial charge in [-0.1, -0.05) is 24.3 Å². The SMILES string of the molecule is CC(=O)Oc1cccc(C(=O)Nc2ccc(CNC(=O)c3ccc(C)c(C)c3)cc2)c1. The molecule has 6 heteroatoms. The first kappa shape index (κ1) is 21.8. The summed E-state index contributed by atoms with van der Waals surface area (Å²) < 4.78 is 5.01. The van der Waals surface area contributed by atoms with Gasteiger partial charge in [0.15, 0.2) is 0 Å². The molecule has 0 bridgehead atoms. The van der Waals surface area contributed by atoms with Crippen molar-refractivity contribution in [3.8, 4) is 5.75 Å². The summed E-state index contributed by atoms with van der Waals surface area (Å²) in [5, 5.41) is 5.70. The molecule has 0 atom stereocenters. The van der Waals surface area contributed by atoms with Gasteiger partial charge in [-0.15, -0.1) is 0 Å². The molecular weight excluding hydrogens is 392 g/mol. The number of nitrogens with one attached hydrogen (secondary N) is 2. The Morgan fingerprint density at radius 3 is 2.19 bits per heavy atom. The Kier molecular flexibility index (Phi) is 6.82. The maximum Gasteiger partial charge on any atom is 0.308 e. The minimum atomic E-state index is -0.447. The molecule has 158 valence electrons. The third kappa shape index (κ3) is 6.02. The van der Waals surface area contributed by atoms with Gasteiger partial charge in [0.25, 0.3) is 11.8 Å². The number of benzene rings is 3. The van der Waals surface area contributed by atoms with Gasteiger partial charge in [0.05, 0.1) is 0 Å². The molecule has 0 heterocycles. The molecule has 3 aromatic carbocycles. The summed E-state index contributed by atoms with van der Waals surface area (Å²) in [6, 6.07) is 19.2. The van der Waals surface area contributed by atoms with E-state index in [1.807, 2.05) is 44.2 Å². The zero-order valence-corrected chi connectivity index (χ0v) is 17.7. The van der Waals surface area contributed by atoms with E-state index in [9.17, 15) is 14.4 Å². The summed E-state index contributed by atoms with van der Waals surface area (Å²) in [6.07, 6.45) is 0. The van der Waals surface area contributed by atoms with Crippen LogP contribution in [-0.4, -0.2) is 17.8 Å². The van der Waals surface area contributed by atoms with Gasteiger partial charge in [0, 0.05) is 30.3 Å². The predicted molar refractivity (Wildman–Crippen MR) is 119 cm³/mol. The maximum atomic E-state index is 12.5. The highest BCUT2D eigenvalue weighted by Gasteiger charge is 2.09. The Morgan fingerprint density at radius 1 is 0.806 bits per heavy atom. The fourth-order valence-corrected chi connectivity index (χ4v) is 2.94. The standard InChI is InChI=1S/C25H24N2O4/c1-16-7-10-21(13-17(16)2)24(29)26-15-19-8-11-22(12-9-19)27-25(30)20-5-4-6-23(14-20)31-18(3)28/h4-14H,15H2,1-3H3,(H,26,29)(H,27,30). The van der Waals surface area contributed by atoms with Crippen LogP contribution in [-0.2, 0) is 11.3 Å². The summed E-state index contributed by atoms with van der Waals surface area (Å²) in [6.45, 7) is 5.67. The molecule has 0 radical (unpaired) electrons. The summed E-state index contributed by atoms with van der Waals surface area (Å²) in [5.41, 5.74) is 4.75. The van der Waals surface area contributed by atoms with Crippen LogP contribution in [0.15, 0.2) is 66.7 Å². The van der Waals surface area contributed by atoms with Crippen LogP contribution in [0, 0.1) is 13.8 Å². The molecule has 0 fully saturated rings. The molecule has 0 unspecified atom stereocenters. The second kappa shape index (κ2) is 9.71. The van der Waals surface area contributed by atoms with E-state index in [1.165, 1.54) is 13.0 Å². The van der Waals surface area contributed by atoms with Gasteiger partial charge in [-0.3, -0.25) is 14.4 Å². The van der Waals surface area contributed by atoms with Crippen LogP contribution in [0.4, 0.5) is 5.69 Å². The summed E-state index contributed by atoms with van der Waals surface area (Å²) >= 11 is 0. The van der Waals surface area contributed by atoms with Crippen LogP contribution in [0.2, 0.25) is 0 Å². The fraction of sp³-hybridized carbons (Fsp3) is 0.160. The van der Waals surface area contributed by atoms with Gasteiger partial charge in [-0.25, -0.2) is 0 Å². The monoisotopic (exact) mass is 416 g/mol. The van der Waals surface area contributed by atoms with E-state index in [-0.39, 0.29) is 11.8 Å². The van der Waals surface area contributed by atoms with Gasteiger partial charge in [0.1, 0.15) is 5.75 Å². The smallest absolute Gasteiger partial charge is 0.308 e. The average Bonchev–Trinajstić information content (AvgIpc) is 2.74. The van der Waals surface area contributed by atoms with E-state index in [0.29, 0.717) is 29.1 Å². The second-order valence-electron chi connectivity index (χ2n) is 7.25. The molecule has 6 nitrogen and oxygen atoms in total. The molecular formula is C25H24N2O4. The van der Waals surface area contributed by atoms with Gasteiger partial charge in [-0.2, -0.15) is 0 Å². The topological polar surface area (TPSA) is 84.5 Å². The molecule has 31 heavy (non-hydrogen) atoms. The quantitative estimate of drug-likeness (QED) is 0.460. The van der Waals surface area contributed by atoms with E-state index in [1.54, 1.807) is 30.3 Å². The van der Waals surface area contributed by atoms with Crippen LogP contribution in [0.3, 0.4) is 0 Å². The molecule has 0 aliphatic heterocycles. The van der Waals surface area contributed by atoms with Gasteiger partial charge in [0.2, 0.25) is 0 Å². The highest BCUT2D eigenvalue weighted by Crippen LogP contribution is 2.16. The van der Waals surface area contributed by atoms with E-state index in [2.05, 4.69) is 10.6 Å². The fourth-order valence-electron chi connectivity index (χ4n) is 2.94. The Labute approximate surface area is 181 Å². The molecule has 3 rings (SSSR count). The van der Waals surface area contributed by atoms with Crippen LogP contribution < -0.4 is 15.4 Å². The van der Waals surface area contributed by atoms with Crippen molar-refractivity contribution in [2.75, 3.05) is 5.32 Å². The minimum Gasteiger partial charge on any atom is -0.427 e. The van der Waals surface area contributed by atoms with E-state index >= 15 is 0 Å². The molecule has 2 amide bonds. The van der Waals surface area contributed by atoms with Crippen molar-refractivity contribution in [1.29, 1.82) is 0 Å². The highest BCUT2D eigenvalue weighted by atomic mass is 16.5. The number of ether oxygens (including phenoxy) is 1. The molecule has 3 aromatic rings. The molecule has 0 saturated carbocycles. The third-order valence-electron chi connectivity index (χ3n) is 4.79. The Balaban J connectivity index is 1.57. The van der Waals surface area contributed by atoms with Gasteiger partial charge in [-0.05, 0) is 73.0 Å². The first-order chi connectivity index (χ1) is 14.8. The second-order valence-corrected chi connectivity index (χ2v) is 7.25. The lowest BCUT2D eigenvalue weighted by molar-refractivity contribution is -0.131. The molecule has 2 N–H and O–H groups in total. The van der Waals surface area contributed by atoms with Gasteiger partial charge < -0.3 is 15.4 Å². The van der Waals surface area contributed by atoms with Crippen molar-refractivity contribution < 1.29 is 19.1 Å². The van der Waals surface area contributed by atoms with Gasteiger partial charge >= 0.3 is 5.97 Å². The number of carbonyl (C=O) groups is 3. The van der Waals surface area contributed by atoms with Crippen LogP contribution >= 0.6 is 0 Å². The van der Waals surface area contributed by atoms with Crippen molar-refractivity contribution in [2.45, 2.75) is 27.3 Å². The number of amides is 2. The number of carbonyl (C=O) groups excluding carboxylic acids is 3. The Hall–Kier alpha value is -3.93. The zero-order chi connectivity index (χ0) is 22.4. The zero-order valence-electron chi connectivity index (χ0n) is 17.7. The summed E-state index contributed by atoms with van der Waals surface area (Å²) in [5.74, 6) is -0.578. The van der Waals surface area contributed by atoms with Crippen molar-refractivity contribution in [3.63, 3.8) is 0 Å². The third-order valence-corrected chi connectivity index (χ3v) is 4.79. The number of aryl methyl sites for hydroxylation is 2. The lowest BCUT2D eigenvalue weighted by Crippen LogP contribution is -2.22. The number of anilines is 1. The molecule has 0 aliphatic rings. The van der Waals surface area contributed by atoms with Crippen LogP contribution in [0.1, 0.15) is 44.3 Å². The van der Waals surface area contributed by atoms with E-state index < -0.39 is 5.97 Å². The van der Waals surface area contributed by atoms with Crippen LogP contribution in [0.25, 0.3) is 0 Å². The predicted octanol–water partition coefficient (Wildman–Crippen LogP) is 4.41. The summed E-state index contributed by atoms with van der Waals surface area (Å²) in [4.78, 5) is 35.9. The lowest BCUT2D eigenvalue weighted by atomic mass is 10.1. The first-order valence-electron chi connectivity index (χ1n) is 9.86. The number of hydrogen-bond donors (Lipinski definition) is 2. The first-order valence-corrected chi connectivity index (χ1v) is 9.86. The van der Waals surface area contributed by atoms with Crippen molar-refractivity contribution in [2.24, 2.45) is 0 Å². The number of esters is 1. The Morgan fingerprint density at radius 2 is 1.52 bits per heavy atom. The largest absolute Gasteiger partial charge is 0.427 e. The van der Waals surface area contributed by atoms with Crippen molar-refractivity contribution in [3.05, 3.63) is 94.5 Å². The average molecular weight is 416 g/mol. The molecule has 0 spiro atoms. The normalized spacial score (nSPS) is 10.3. The highest BCUT2D eigenvalue weighted by molar-refractivity contribution is 6.04. The summed E-state index contributed by atoms with van der Waals surface area (Å²) in [7, 11) is 0. The van der Waals surface area contributed by atoms with E-state index in [0.717, 1.165) is 16.7 Å². The van der Waals surface area contributed by atoms with Crippen LogP contribution in [0.5, 0.6) is 5.75 Å². The van der Waals surface area contributed by atoms with Crippen molar-refractivity contribution in [1.82, 2.24) is 5.32 Å². The van der Waals surface area contributed by atoms with Crippen molar-refractivity contribution >= 4 is 23.5 Å². The molecule has 0 saturated heterocycles. The number of hydrogen-bond acceptors (Lipinski definition) is 4. The molecule has 0 aliphatic carbocycles. The van der Waals surface area contributed by atoms with E-state index in [4.69, 9.17) is 4.74 Å². The maximum absolute atomic E-state index is 12.5. The Bertz CT molecular complexity index is 1120. The molecule has 0 aromatic heterocycles.